The van der Waals surface area contributed by atoms with Crippen molar-refractivity contribution in [1.29, 1.82) is 5.26 Å². The van der Waals surface area contributed by atoms with Crippen LogP contribution in [0.5, 0.6) is 0 Å². The van der Waals surface area contributed by atoms with Gasteiger partial charge in [-0.1, -0.05) is 18.2 Å². The Hall–Kier alpha value is -2.12. The fraction of sp³-hybridized carbons (Fsp3) is 0.375. The molecule has 20 heavy (non-hydrogen) atoms. The molecule has 0 saturated carbocycles. The van der Waals surface area contributed by atoms with Crippen LogP contribution in [-0.4, -0.2) is 24.1 Å². The molecule has 4 heteroatoms. The number of hydrogen-bond acceptors (Lipinski definition) is 4. The molecule has 1 aliphatic heterocycles. The molecule has 0 aliphatic carbocycles. The van der Waals surface area contributed by atoms with Crippen molar-refractivity contribution >= 4 is 16.7 Å². The molecule has 0 unspecified atom stereocenters. The van der Waals surface area contributed by atoms with E-state index in [-0.39, 0.29) is 0 Å². The number of aromatic nitrogens is 1. The molecule has 1 aromatic carbocycles. The smallest absolute Gasteiger partial charge is 0.127 e. The van der Waals surface area contributed by atoms with Crippen LogP contribution in [0.2, 0.25) is 0 Å². The van der Waals surface area contributed by atoms with Gasteiger partial charge in [-0.05, 0) is 37.9 Å². The molecule has 1 atom stereocenters. The van der Waals surface area contributed by atoms with Crippen molar-refractivity contribution in [3.8, 4) is 6.07 Å². The minimum atomic E-state index is 0.624. The average molecular weight is 266 g/mol. The molecule has 2 N–H and O–H groups in total. The normalized spacial score (nSPS) is 18.1. The van der Waals surface area contributed by atoms with E-state index in [4.69, 9.17) is 0 Å². The Labute approximate surface area is 118 Å². The zero-order valence-electron chi connectivity index (χ0n) is 11.4. The summed E-state index contributed by atoms with van der Waals surface area (Å²) in [5, 5.41) is 17.0. The van der Waals surface area contributed by atoms with Crippen LogP contribution in [0.4, 0.5) is 5.82 Å². The molecule has 1 aliphatic rings. The lowest BCUT2D eigenvalue weighted by Crippen LogP contribution is -2.24. The second-order valence-electron chi connectivity index (χ2n) is 5.19. The number of benzene rings is 1. The third-order valence-corrected chi connectivity index (χ3v) is 3.80. The zero-order chi connectivity index (χ0) is 13.8. The highest BCUT2D eigenvalue weighted by molar-refractivity contribution is 5.86. The third kappa shape index (κ3) is 2.73. The fourth-order valence-corrected chi connectivity index (χ4v) is 2.74. The van der Waals surface area contributed by atoms with Gasteiger partial charge >= 0.3 is 0 Å². The van der Waals surface area contributed by atoms with Crippen LogP contribution in [-0.2, 0) is 0 Å². The maximum atomic E-state index is 9.24. The summed E-state index contributed by atoms with van der Waals surface area (Å²) in [5.41, 5.74) is 1.55. The largest absolute Gasteiger partial charge is 0.370 e. The molecule has 102 valence electrons. The van der Waals surface area contributed by atoms with Gasteiger partial charge in [-0.25, -0.2) is 4.98 Å². The van der Waals surface area contributed by atoms with Gasteiger partial charge in [-0.2, -0.15) is 5.26 Å². The predicted octanol–water partition coefficient (Wildman–Crippen LogP) is 2.66. The maximum Gasteiger partial charge on any atom is 0.127 e. The Morgan fingerprint density at radius 3 is 3.10 bits per heavy atom. The first-order valence-electron chi connectivity index (χ1n) is 7.14. The standard InChI is InChI=1S/C16H18N4/c17-11-12-10-16(19-9-7-13-4-3-8-18-13)20-15-6-2-1-5-14(12)15/h1-2,5-6,10,13,18H,3-4,7-9H2,(H,19,20)/t13-/m1/s1. The number of nitrogens with one attached hydrogen (secondary N) is 2. The van der Waals surface area contributed by atoms with E-state index in [1.54, 1.807) is 0 Å². The first kappa shape index (κ1) is 12.9. The highest BCUT2D eigenvalue weighted by Crippen LogP contribution is 2.20. The number of rotatable bonds is 4. The van der Waals surface area contributed by atoms with Crippen LogP contribution in [0, 0.1) is 11.3 Å². The van der Waals surface area contributed by atoms with E-state index in [1.165, 1.54) is 12.8 Å². The average Bonchev–Trinajstić information content (AvgIpc) is 2.99. The van der Waals surface area contributed by atoms with Gasteiger partial charge in [-0.3, -0.25) is 0 Å². The van der Waals surface area contributed by atoms with E-state index in [0.29, 0.717) is 11.6 Å². The fourth-order valence-electron chi connectivity index (χ4n) is 2.74. The van der Waals surface area contributed by atoms with Gasteiger partial charge < -0.3 is 10.6 Å². The van der Waals surface area contributed by atoms with Crippen molar-refractivity contribution in [3.63, 3.8) is 0 Å². The highest BCUT2D eigenvalue weighted by Gasteiger charge is 2.13. The summed E-state index contributed by atoms with van der Waals surface area (Å²) in [5.74, 6) is 0.790. The van der Waals surface area contributed by atoms with E-state index in [2.05, 4.69) is 21.7 Å². The highest BCUT2D eigenvalue weighted by atomic mass is 15.0. The van der Waals surface area contributed by atoms with E-state index in [1.807, 2.05) is 30.3 Å². The first-order chi connectivity index (χ1) is 9.86. The molecule has 0 amide bonds. The number of anilines is 1. The number of nitriles is 1. The minimum Gasteiger partial charge on any atom is -0.370 e. The van der Waals surface area contributed by atoms with E-state index in [0.717, 1.165) is 36.2 Å². The Kier molecular flexibility index (Phi) is 3.80. The predicted molar refractivity (Wildman–Crippen MR) is 80.6 cm³/mol. The molecule has 4 nitrogen and oxygen atoms in total. The second kappa shape index (κ2) is 5.89. The summed E-state index contributed by atoms with van der Waals surface area (Å²) < 4.78 is 0. The molecule has 0 bridgehead atoms. The zero-order valence-corrected chi connectivity index (χ0v) is 11.4. The minimum absolute atomic E-state index is 0.624. The van der Waals surface area contributed by atoms with Gasteiger partial charge in [0.05, 0.1) is 17.1 Å². The van der Waals surface area contributed by atoms with Crippen LogP contribution in [0.15, 0.2) is 30.3 Å². The van der Waals surface area contributed by atoms with Crippen LogP contribution in [0.25, 0.3) is 10.9 Å². The molecular formula is C16H18N4. The van der Waals surface area contributed by atoms with Crippen molar-refractivity contribution in [2.75, 3.05) is 18.4 Å². The Balaban J connectivity index is 1.73. The second-order valence-corrected chi connectivity index (χ2v) is 5.19. The molecule has 1 aromatic heterocycles. The monoisotopic (exact) mass is 266 g/mol. The molecule has 3 rings (SSSR count). The first-order valence-corrected chi connectivity index (χ1v) is 7.14. The summed E-state index contributed by atoms with van der Waals surface area (Å²) in [6.07, 6.45) is 3.63. The number of para-hydroxylation sites is 1. The lowest BCUT2D eigenvalue weighted by molar-refractivity contribution is 0.574. The summed E-state index contributed by atoms with van der Waals surface area (Å²) in [7, 11) is 0. The summed E-state index contributed by atoms with van der Waals surface area (Å²) >= 11 is 0. The number of hydrogen-bond donors (Lipinski definition) is 2. The van der Waals surface area contributed by atoms with E-state index < -0.39 is 0 Å². The third-order valence-electron chi connectivity index (χ3n) is 3.80. The maximum absolute atomic E-state index is 9.24. The lowest BCUT2D eigenvalue weighted by atomic mass is 10.1. The topological polar surface area (TPSA) is 60.7 Å². The Morgan fingerprint density at radius 1 is 1.40 bits per heavy atom. The van der Waals surface area contributed by atoms with E-state index >= 15 is 0 Å². The Bertz CT molecular complexity index is 638. The lowest BCUT2D eigenvalue weighted by Gasteiger charge is -2.12. The number of fused-ring (bicyclic) bond motifs is 1. The quantitative estimate of drug-likeness (QED) is 0.893. The van der Waals surface area contributed by atoms with Gasteiger partial charge in [-0.15, -0.1) is 0 Å². The Morgan fingerprint density at radius 2 is 2.30 bits per heavy atom. The van der Waals surface area contributed by atoms with Gasteiger partial charge in [0.2, 0.25) is 0 Å². The van der Waals surface area contributed by atoms with Crippen molar-refractivity contribution in [2.45, 2.75) is 25.3 Å². The summed E-state index contributed by atoms with van der Waals surface area (Å²) in [4.78, 5) is 4.57. The molecule has 1 saturated heterocycles. The van der Waals surface area contributed by atoms with Crippen molar-refractivity contribution in [3.05, 3.63) is 35.9 Å². The van der Waals surface area contributed by atoms with Crippen LogP contribution >= 0.6 is 0 Å². The number of nitrogens with zero attached hydrogens (tertiary/aromatic N) is 2. The van der Waals surface area contributed by atoms with Crippen LogP contribution < -0.4 is 10.6 Å². The van der Waals surface area contributed by atoms with Crippen molar-refractivity contribution < 1.29 is 0 Å². The van der Waals surface area contributed by atoms with Gasteiger partial charge in [0.25, 0.3) is 0 Å². The van der Waals surface area contributed by atoms with Crippen LogP contribution in [0.3, 0.4) is 0 Å². The number of pyridine rings is 1. The summed E-state index contributed by atoms with van der Waals surface area (Å²) in [6, 6.07) is 12.5. The SMILES string of the molecule is N#Cc1cc(NCC[C@H]2CCCN2)nc2ccccc12. The van der Waals surface area contributed by atoms with Gasteiger partial charge in [0.15, 0.2) is 0 Å². The molecular weight excluding hydrogens is 248 g/mol. The summed E-state index contributed by atoms with van der Waals surface area (Å²) in [6.45, 7) is 2.02. The molecule has 2 heterocycles. The van der Waals surface area contributed by atoms with Gasteiger partial charge in [0, 0.05) is 18.0 Å². The van der Waals surface area contributed by atoms with Gasteiger partial charge in [0.1, 0.15) is 5.82 Å². The van der Waals surface area contributed by atoms with E-state index in [9.17, 15) is 5.26 Å². The molecule has 0 radical (unpaired) electrons. The molecule has 2 aromatic rings. The van der Waals surface area contributed by atoms with Crippen LogP contribution in [0.1, 0.15) is 24.8 Å². The molecule has 1 fully saturated rings. The van der Waals surface area contributed by atoms with Crippen molar-refractivity contribution in [1.82, 2.24) is 10.3 Å². The molecule has 0 spiro atoms. The van der Waals surface area contributed by atoms with Crippen molar-refractivity contribution in [2.24, 2.45) is 0 Å².